The van der Waals surface area contributed by atoms with Crippen LogP contribution in [0.1, 0.15) is 18.9 Å². The number of benzene rings is 1. The molecule has 0 bridgehead atoms. The fourth-order valence-electron chi connectivity index (χ4n) is 2.32. The zero-order chi connectivity index (χ0) is 13.2. The van der Waals surface area contributed by atoms with E-state index in [-0.39, 0.29) is 16.9 Å². The molecular formula is C13H18BrNO2S. The van der Waals surface area contributed by atoms with Crippen LogP contribution in [0.4, 0.5) is 0 Å². The minimum Gasteiger partial charge on any atom is -0.315 e. The highest BCUT2D eigenvalue weighted by atomic mass is 79.9. The third-order valence-corrected chi connectivity index (χ3v) is 6.10. The van der Waals surface area contributed by atoms with E-state index in [0.717, 1.165) is 17.6 Å². The van der Waals surface area contributed by atoms with Crippen LogP contribution in [0.5, 0.6) is 0 Å². The van der Waals surface area contributed by atoms with Gasteiger partial charge in [0.05, 0.1) is 5.75 Å². The van der Waals surface area contributed by atoms with Crippen molar-refractivity contribution in [2.75, 3.05) is 24.6 Å². The van der Waals surface area contributed by atoms with E-state index in [1.54, 1.807) is 6.92 Å². The quantitative estimate of drug-likeness (QED) is 0.898. The molecule has 1 aromatic carbocycles. The van der Waals surface area contributed by atoms with Crippen LogP contribution >= 0.6 is 15.9 Å². The van der Waals surface area contributed by atoms with E-state index in [1.165, 1.54) is 5.56 Å². The summed E-state index contributed by atoms with van der Waals surface area (Å²) in [6, 6.07) is 8.10. The standard InChI is InChI=1S/C13H18BrNO2S/c1-2-18(16,17)8-7-13(9-15-10-13)11-5-3-4-6-12(11)14/h3-6,15H,2,7-10H2,1H3. The number of halogens is 1. The first-order valence-corrected chi connectivity index (χ1v) is 8.77. The van der Waals surface area contributed by atoms with Crippen molar-refractivity contribution in [1.29, 1.82) is 0 Å². The molecule has 0 aromatic heterocycles. The van der Waals surface area contributed by atoms with E-state index in [9.17, 15) is 8.42 Å². The molecule has 0 radical (unpaired) electrons. The lowest BCUT2D eigenvalue weighted by Gasteiger charge is -2.44. The van der Waals surface area contributed by atoms with Crippen LogP contribution in [-0.4, -0.2) is 33.0 Å². The molecule has 0 aliphatic carbocycles. The SMILES string of the molecule is CCS(=O)(=O)CCC1(c2ccccc2Br)CNC1. The van der Waals surface area contributed by atoms with Gasteiger partial charge in [0.25, 0.3) is 0 Å². The second-order valence-corrected chi connectivity index (χ2v) is 8.18. The molecule has 100 valence electrons. The summed E-state index contributed by atoms with van der Waals surface area (Å²) in [5, 5.41) is 3.27. The maximum atomic E-state index is 11.7. The second kappa shape index (κ2) is 5.31. The molecule has 1 N–H and O–H groups in total. The molecule has 5 heteroatoms. The van der Waals surface area contributed by atoms with Crippen LogP contribution in [0.15, 0.2) is 28.7 Å². The van der Waals surface area contributed by atoms with Crippen molar-refractivity contribution in [1.82, 2.24) is 5.32 Å². The Kier molecular flexibility index (Phi) is 4.14. The fourth-order valence-corrected chi connectivity index (χ4v) is 4.01. The molecule has 1 aliphatic rings. The van der Waals surface area contributed by atoms with Crippen molar-refractivity contribution in [3.8, 4) is 0 Å². The summed E-state index contributed by atoms with van der Waals surface area (Å²) in [6.45, 7) is 3.42. The summed E-state index contributed by atoms with van der Waals surface area (Å²) in [7, 11) is -2.89. The molecule has 1 saturated heterocycles. The van der Waals surface area contributed by atoms with Gasteiger partial charge in [-0.3, -0.25) is 0 Å². The van der Waals surface area contributed by atoms with E-state index in [1.807, 2.05) is 18.2 Å². The Morgan fingerprint density at radius 2 is 2.00 bits per heavy atom. The number of rotatable bonds is 5. The van der Waals surface area contributed by atoms with E-state index in [0.29, 0.717) is 6.42 Å². The van der Waals surface area contributed by atoms with Crippen molar-refractivity contribution in [2.45, 2.75) is 18.8 Å². The molecule has 1 aromatic rings. The van der Waals surface area contributed by atoms with Gasteiger partial charge in [-0.1, -0.05) is 41.1 Å². The molecule has 2 rings (SSSR count). The monoisotopic (exact) mass is 331 g/mol. The van der Waals surface area contributed by atoms with Gasteiger partial charge in [0.15, 0.2) is 0 Å². The van der Waals surface area contributed by atoms with Crippen LogP contribution < -0.4 is 5.32 Å². The first-order valence-electron chi connectivity index (χ1n) is 6.15. The molecular weight excluding hydrogens is 314 g/mol. The Morgan fingerprint density at radius 3 is 2.50 bits per heavy atom. The first kappa shape index (κ1) is 14.0. The van der Waals surface area contributed by atoms with Crippen LogP contribution in [0.2, 0.25) is 0 Å². The largest absolute Gasteiger partial charge is 0.315 e. The van der Waals surface area contributed by atoms with E-state index in [2.05, 4.69) is 27.3 Å². The average Bonchev–Trinajstić information content (AvgIpc) is 2.30. The Hall–Kier alpha value is -0.390. The molecule has 1 heterocycles. The Labute approximate surface area is 117 Å². The highest BCUT2D eigenvalue weighted by Gasteiger charge is 2.40. The second-order valence-electron chi connectivity index (χ2n) is 4.85. The summed E-state index contributed by atoms with van der Waals surface area (Å²) in [5.41, 5.74) is 1.19. The molecule has 1 fully saturated rings. The molecule has 0 saturated carbocycles. The Bertz CT molecular complexity index is 524. The number of sulfone groups is 1. The maximum absolute atomic E-state index is 11.7. The van der Waals surface area contributed by atoms with Crippen molar-refractivity contribution in [3.05, 3.63) is 34.3 Å². The van der Waals surface area contributed by atoms with Crippen molar-refractivity contribution in [3.63, 3.8) is 0 Å². The predicted molar refractivity (Wildman–Crippen MR) is 77.6 cm³/mol. The highest BCUT2D eigenvalue weighted by Crippen LogP contribution is 2.37. The molecule has 3 nitrogen and oxygen atoms in total. The fraction of sp³-hybridized carbons (Fsp3) is 0.538. The van der Waals surface area contributed by atoms with Crippen LogP contribution in [0, 0.1) is 0 Å². The number of hydrogen-bond donors (Lipinski definition) is 1. The maximum Gasteiger partial charge on any atom is 0.150 e. The van der Waals surface area contributed by atoms with Gasteiger partial charge in [-0.15, -0.1) is 0 Å². The molecule has 1 aliphatic heterocycles. The summed E-state index contributed by atoms with van der Waals surface area (Å²) in [5.74, 6) is 0.499. The lowest BCUT2D eigenvalue weighted by atomic mass is 9.73. The average molecular weight is 332 g/mol. The van der Waals surface area contributed by atoms with Crippen molar-refractivity contribution in [2.24, 2.45) is 0 Å². The highest BCUT2D eigenvalue weighted by molar-refractivity contribution is 9.10. The van der Waals surface area contributed by atoms with E-state index < -0.39 is 9.84 Å². The smallest absolute Gasteiger partial charge is 0.150 e. The summed E-state index contributed by atoms with van der Waals surface area (Å²) < 4.78 is 24.4. The molecule has 0 unspecified atom stereocenters. The summed E-state index contributed by atoms with van der Waals surface area (Å²) in [4.78, 5) is 0. The molecule has 18 heavy (non-hydrogen) atoms. The number of nitrogens with one attached hydrogen (secondary N) is 1. The van der Waals surface area contributed by atoms with Gasteiger partial charge in [0.1, 0.15) is 9.84 Å². The Morgan fingerprint density at radius 1 is 1.33 bits per heavy atom. The van der Waals surface area contributed by atoms with Crippen LogP contribution in [0.25, 0.3) is 0 Å². The van der Waals surface area contributed by atoms with Crippen molar-refractivity contribution >= 4 is 25.8 Å². The van der Waals surface area contributed by atoms with Crippen LogP contribution in [0.3, 0.4) is 0 Å². The molecule has 0 spiro atoms. The lowest BCUT2D eigenvalue weighted by molar-refractivity contribution is 0.267. The van der Waals surface area contributed by atoms with Gasteiger partial charge in [-0.05, 0) is 18.1 Å². The molecule has 0 atom stereocenters. The minimum absolute atomic E-state index is 0.0255. The third kappa shape index (κ3) is 2.78. The van der Waals surface area contributed by atoms with Gasteiger partial charge < -0.3 is 5.32 Å². The molecule has 0 amide bonds. The predicted octanol–water partition coefficient (Wildman–Crippen LogP) is 2.11. The zero-order valence-electron chi connectivity index (χ0n) is 10.4. The first-order chi connectivity index (χ1) is 8.49. The van der Waals surface area contributed by atoms with Crippen molar-refractivity contribution < 1.29 is 8.42 Å². The topological polar surface area (TPSA) is 46.2 Å². The third-order valence-electron chi connectivity index (χ3n) is 3.70. The Balaban J connectivity index is 2.20. The van der Waals surface area contributed by atoms with E-state index in [4.69, 9.17) is 0 Å². The van der Waals surface area contributed by atoms with Gasteiger partial charge in [0, 0.05) is 28.7 Å². The zero-order valence-corrected chi connectivity index (χ0v) is 12.9. The van der Waals surface area contributed by atoms with Crippen LogP contribution in [-0.2, 0) is 15.3 Å². The van der Waals surface area contributed by atoms with Gasteiger partial charge in [0.2, 0.25) is 0 Å². The summed E-state index contributed by atoms with van der Waals surface area (Å²) >= 11 is 3.57. The summed E-state index contributed by atoms with van der Waals surface area (Å²) in [6.07, 6.45) is 0.693. The van der Waals surface area contributed by atoms with Gasteiger partial charge >= 0.3 is 0 Å². The van der Waals surface area contributed by atoms with Gasteiger partial charge in [-0.2, -0.15) is 0 Å². The van der Waals surface area contributed by atoms with E-state index >= 15 is 0 Å². The minimum atomic E-state index is -2.89. The lowest BCUT2D eigenvalue weighted by Crippen LogP contribution is -2.57. The normalized spacial score (nSPS) is 18.3. The number of hydrogen-bond acceptors (Lipinski definition) is 3. The van der Waals surface area contributed by atoms with Gasteiger partial charge in [-0.25, -0.2) is 8.42 Å².